The lowest BCUT2D eigenvalue weighted by molar-refractivity contribution is -0.384. The van der Waals surface area contributed by atoms with E-state index in [-0.39, 0.29) is 17.5 Å². The van der Waals surface area contributed by atoms with Crippen LogP contribution >= 0.6 is 27.5 Å². The van der Waals surface area contributed by atoms with Crippen LogP contribution in [0.25, 0.3) is 0 Å². The van der Waals surface area contributed by atoms with E-state index >= 15 is 0 Å². The van der Waals surface area contributed by atoms with Gasteiger partial charge in [0.2, 0.25) is 0 Å². The van der Waals surface area contributed by atoms with Crippen molar-refractivity contribution in [1.29, 1.82) is 0 Å². The van der Waals surface area contributed by atoms with Crippen LogP contribution in [0.15, 0.2) is 40.9 Å². The molecule has 21 heavy (non-hydrogen) atoms. The second-order valence-electron chi connectivity index (χ2n) is 4.45. The van der Waals surface area contributed by atoms with Crippen LogP contribution in [0.3, 0.4) is 0 Å². The molecule has 0 unspecified atom stereocenters. The van der Waals surface area contributed by atoms with E-state index in [1.807, 2.05) is 13.0 Å². The first kappa shape index (κ1) is 15.8. The van der Waals surface area contributed by atoms with Crippen molar-refractivity contribution in [2.24, 2.45) is 5.73 Å². The lowest BCUT2D eigenvalue weighted by Crippen LogP contribution is -2.05. The summed E-state index contributed by atoms with van der Waals surface area (Å²) in [6.45, 7) is 1.87. The van der Waals surface area contributed by atoms with Crippen molar-refractivity contribution >= 4 is 33.2 Å². The molecule has 0 aromatic heterocycles. The van der Waals surface area contributed by atoms with Gasteiger partial charge in [0, 0.05) is 16.6 Å². The number of non-ortho nitro benzene ring substituents is 1. The van der Waals surface area contributed by atoms with E-state index in [1.165, 1.54) is 18.2 Å². The van der Waals surface area contributed by atoms with Crippen molar-refractivity contribution in [2.75, 3.05) is 0 Å². The van der Waals surface area contributed by atoms with Crippen molar-refractivity contribution in [3.63, 3.8) is 0 Å². The molecule has 5 nitrogen and oxygen atoms in total. The van der Waals surface area contributed by atoms with Gasteiger partial charge in [0.1, 0.15) is 5.75 Å². The standard InChI is InChI=1S/C14H12BrClN2O3/c1-8(17)11-4-3-10(7-12(11)15)21-14-6-9(18(19)20)2-5-13(14)16/h2-8H,17H2,1H3/t8-/m1/s1. The zero-order valence-electron chi connectivity index (χ0n) is 11.0. The number of hydrogen-bond donors (Lipinski definition) is 1. The summed E-state index contributed by atoms with van der Waals surface area (Å²) in [6, 6.07) is 9.23. The number of nitrogens with zero attached hydrogens (tertiary/aromatic N) is 1. The second-order valence-corrected chi connectivity index (χ2v) is 5.71. The second kappa shape index (κ2) is 6.43. The van der Waals surface area contributed by atoms with Gasteiger partial charge in [-0.2, -0.15) is 0 Å². The SMILES string of the molecule is C[C@@H](N)c1ccc(Oc2cc([N+](=O)[O-])ccc2Cl)cc1Br. The molecule has 2 aromatic carbocycles. The van der Waals surface area contributed by atoms with Gasteiger partial charge in [-0.3, -0.25) is 10.1 Å². The van der Waals surface area contributed by atoms with Crippen LogP contribution in [0.1, 0.15) is 18.5 Å². The Kier molecular flexibility index (Phi) is 4.82. The molecule has 0 bridgehead atoms. The van der Waals surface area contributed by atoms with E-state index in [1.54, 1.807) is 12.1 Å². The Labute approximate surface area is 134 Å². The zero-order chi connectivity index (χ0) is 15.6. The maximum absolute atomic E-state index is 10.8. The first-order valence-electron chi connectivity index (χ1n) is 6.05. The van der Waals surface area contributed by atoms with Crippen LogP contribution in [0, 0.1) is 10.1 Å². The quantitative estimate of drug-likeness (QED) is 0.617. The summed E-state index contributed by atoms with van der Waals surface area (Å²) in [5.41, 5.74) is 6.68. The summed E-state index contributed by atoms with van der Waals surface area (Å²) in [5.74, 6) is 0.736. The van der Waals surface area contributed by atoms with E-state index in [2.05, 4.69) is 15.9 Å². The molecule has 0 saturated carbocycles. The summed E-state index contributed by atoms with van der Waals surface area (Å²) in [6.07, 6.45) is 0. The van der Waals surface area contributed by atoms with Gasteiger partial charge in [-0.1, -0.05) is 33.6 Å². The van der Waals surface area contributed by atoms with Gasteiger partial charge in [0.05, 0.1) is 16.0 Å². The van der Waals surface area contributed by atoms with Crippen LogP contribution in [0.5, 0.6) is 11.5 Å². The maximum atomic E-state index is 10.8. The fourth-order valence-electron chi connectivity index (χ4n) is 1.75. The molecule has 0 heterocycles. The number of benzene rings is 2. The summed E-state index contributed by atoms with van der Waals surface area (Å²) in [7, 11) is 0. The number of hydrogen-bond acceptors (Lipinski definition) is 4. The molecule has 0 aliphatic carbocycles. The number of nitro groups is 1. The fourth-order valence-corrected chi connectivity index (χ4v) is 2.63. The van der Waals surface area contributed by atoms with Gasteiger partial charge >= 0.3 is 0 Å². The lowest BCUT2D eigenvalue weighted by Gasteiger charge is -2.12. The Morgan fingerprint density at radius 3 is 2.62 bits per heavy atom. The average Bonchev–Trinajstić information content (AvgIpc) is 2.40. The molecule has 0 aliphatic heterocycles. The van der Waals surface area contributed by atoms with E-state index in [4.69, 9.17) is 22.1 Å². The van der Waals surface area contributed by atoms with Crippen molar-refractivity contribution < 1.29 is 9.66 Å². The highest BCUT2D eigenvalue weighted by molar-refractivity contribution is 9.10. The zero-order valence-corrected chi connectivity index (χ0v) is 13.4. The molecule has 0 spiro atoms. The van der Waals surface area contributed by atoms with Gasteiger partial charge in [0.25, 0.3) is 5.69 Å². The minimum absolute atomic E-state index is 0.0827. The molecule has 2 rings (SSSR count). The molecule has 2 N–H and O–H groups in total. The third-order valence-corrected chi connectivity index (χ3v) is 3.81. The third kappa shape index (κ3) is 3.72. The predicted octanol–water partition coefficient (Wildman–Crippen LogP) is 4.82. The maximum Gasteiger partial charge on any atom is 0.273 e. The van der Waals surface area contributed by atoms with Crippen LogP contribution in [-0.2, 0) is 0 Å². The first-order valence-corrected chi connectivity index (χ1v) is 7.22. The molecule has 2 aromatic rings. The smallest absolute Gasteiger partial charge is 0.273 e. The van der Waals surface area contributed by atoms with Gasteiger partial charge in [-0.25, -0.2) is 0 Å². The van der Waals surface area contributed by atoms with Crippen molar-refractivity contribution in [3.05, 3.63) is 61.6 Å². The van der Waals surface area contributed by atoms with Crippen molar-refractivity contribution in [3.8, 4) is 11.5 Å². The van der Waals surface area contributed by atoms with E-state index in [9.17, 15) is 10.1 Å². The molecule has 0 saturated heterocycles. The topological polar surface area (TPSA) is 78.4 Å². The minimum atomic E-state index is -0.502. The van der Waals surface area contributed by atoms with E-state index < -0.39 is 4.92 Å². The Balaban J connectivity index is 2.32. The molecular weight excluding hydrogens is 360 g/mol. The molecule has 0 fully saturated rings. The first-order chi connectivity index (χ1) is 9.88. The van der Waals surface area contributed by atoms with Crippen molar-refractivity contribution in [1.82, 2.24) is 0 Å². The number of halogens is 2. The van der Waals surface area contributed by atoms with Crippen LogP contribution < -0.4 is 10.5 Å². The summed E-state index contributed by atoms with van der Waals surface area (Å²) in [4.78, 5) is 10.3. The number of nitrogens with two attached hydrogens (primary N) is 1. The fraction of sp³-hybridized carbons (Fsp3) is 0.143. The highest BCUT2D eigenvalue weighted by Crippen LogP contribution is 2.34. The normalized spacial score (nSPS) is 12.0. The molecular formula is C14H12BrClN2O3. The Bertz CT molecular complexity index is 692. The molecule has 0 radical (unpaired) electrons. The lowest BCUT2D eigenvalue weighted by atomic mass is 10.1. The molecule has 1 atom stereocenters. The van der Waals surface area contributed by atoms with Gasteiger partial charge in [-0.05, 0) is 30.7 Å². The Hall–Kier alpha value is -1.63. The predicted molar refractivity (Wildman–Crippen MR) is 84.9 cm³/mol. The molecule has 0 amide bonds. The van der Waals surface area contributed by atoms with Crippen LogP contribution in [-0.4, -0.2) is 4.92 Å². The highest BCUT2D eigenvalue weighted by atomic mass is 79.9. The van der Waals surface area contributed by atoms with E-state index in [0.717, 1.165) is 10.0 Å². The summed E-state index contributed by atoms with van der Waals surface area (Å²) in [5, 5.41) is 11.1. The van der Waals surface area contributed by atoms with Crippen LogP contribution in [0.2, 0.25) is 5.02 Å². The van der Waals surface area contributed by atoms with Gasteiger partial charge in [0.15, 0.2) is 5.75 Å². The third-order valence-electron chi connectivity index (χ3n) is 2.82. The number of nitro benzene ring substituents is 1. The number of rotatable bonds is 4. The van der Waals surface area contributed by atoms with Gasteiger partial charge < -0.3 is 10.5 Å². The minimum Gasteiger partial charge on any atom is -0.455 e. The van der Waals surface area contributed by atoms with Crippen molar-refractivity contribution in [2.45, 2.75) is 13.0 Å². The van der Waals surface area contributed by atoms with Crippen LogP contribution in [0.4, 0.5) is 5.69 Å². The Morgan fingerprint density at radius 1 is 1.33 bits per heavy atom. The Morgan fingerprint density at radius 2 is 2.05 bits per heavy atom. The molecule has 0 aliphatic rings. The number of ether oxygens (including phenoxy) is 1. The van der Waals surface area contributed by atoms with E-state index in [0.29, 0.717) is 10.8 Å². The molecule has 110 valence electrons. The largest absolute Gasteiger partial charge is 0.455 e. The monoisotopic (exact) mass is 370 g/mol. The summed E-state index contributed by atoms with van der Waals surface area (Å²) < 4.78 is 6.41. The summed E-state index contributed by atoms with van der Waals surface area (Å²) >= 11 is 9.41. The van der Waals surface area contributed by atoms with Gasteiger partial charge in [-0.15, -0.1) is 0 Å². The molecule has 7 heteroatoms. The average molecular weight is 372 g/mol. The highest BCUT2D eigenvalue weighted by Gasteiger charge is 2.13.